The van der Waals surface area contributed by atoms with Crippen LogP contribution in [0.4, 0.5) is 11.4 Å². The fourth-order valence-electron chi connectivity index (χ4n) is 1.61. The van der Waals surface area contributed by atoms with E-state index in [4.69, 9.17) is 10.8 Å². The molecule has 1 rings (SSSR count). The third kappa shape index (κ3) is 4.07. The molecule has 4 nitrogen and oxygen atoms in total. The molecule has 1 atom stereocenters. The van der Waals surface area contributed by atoms with Crippen LogP contribution in [0.1, 0.15) is 30.6 Å². The van der Waals surface area contributed by atoms with E-state index in [0.29, 0.717) is 17.2 Å². The van der Waals surface area contributed by atoms with Crippen LogP contribution >= 0.6 is 0 Å². The van der Waals surface area contributed by atoms with Crippen molar-refractivity contribution in [3.63, 3.8) is 0 Å². The molecule has 0 bridgehead atoms. The van der Waals surface area contributed by atoms with Crippen LogP contribution in [0.25, 0.3) is 0 Å². The maximum atomic E-state index is 11.2. The van der Waals surface area contributed by atoms with Gasteiger partial charge in [0.25, 0.3) is 0 Å². The van der Waals surface area contributed by atoms with E-state index in [1.807, 2.05) is 6.07 Å². The van der Waals surface area contributed by atoms with E-state index in [0.717, 1.165) is 18.7 Å². The Kier molecular flexibility index (Phi) is 4.97. The number of nitrogen functional groups attached to an aromatic ring is 1. The smallest absolute Gasteiger partial charge is 0.161 e. The quantitative estimate of drug-likeness (QED) is 0.521. The monoisotopic (exact) mass is 236 g/mol. The molecule has 1 aromatic carbocycles. The molecule has 1 aromatic rings. The molecule has 0 fully saturated rings. The number of anilines is 2. The molecule has 0 heterocycles. The summed E-state index contributed by atoms with van der Waals surface area (Å²) in [6, 6.07) is 5.35. The Morgan fingerprint density at radius 1 is 1.53 bits per heavy atom. The van der Waals surface area contributed by atoms with Gasteiger partial charge in [0.1, 0.15) is 0 Å². The second-order valence-corrected chi connectivity index (χ2v) is 4.36. The minimum atomic E-state index is -0.0253. The van der Waals surface area contributed by atoms with Crippen molar-refractivity contribution in [2.45, 2.75) is 20.3 Å². The predicted octanol–water partition coefficient (Wildman–Crippen LogP) is 1.90. The first-order valence-corrected chi connectivity index (χ1v) is 5.79. The van der Waals surface area contributed by atoms with Gasteiger partial charge >= 0.3 is 0 Å². The number of nitrogens with two attached hydrogens (primary N) is 1. The molecule has 0 aliphatic rings. The van der Waals surface area contributed by atoms with Gasteiger partial charge in [0.2, 0.25) is 0 Å². The average molecular weight is 236 g/mol. The lowest BCUT2D eigenvalue weighted by Crippen LogP contribution is -2.13. The first-order chi connectivity index (χ1) is 8.04. The second-order valence-electron chi connectivity index (χ2n) is 4.36. The first-order valence-electron chi connectivity index (χ1n) is 5.79. The van der Waals surface area contributed by atoms with E-state index in [1.54, 1.807) is 12.1 Å². The zero-order chi connectivity index (χ0) is 12.8. The summed E-state index contributed by atoms with van der Waals surface area (Å²) in [6.45, 7) is 4.55. The van der Waals surface area contributed by atoms with Crippen LogP contribution in [0.2, 0.25) is 0 Å². The number of carbonyl (C=O) groups excluding carboxylic acids is 1. The van der Waals surface area contributed by atoms with Gasteiger partial charge in [0, 0.05) is 30.1 Å². The summed E-state index contributed by atoms with van der Waals surface area (Å²) in [6.07, 6.45) is 0.772. The van der Waals surface area contributed by atoms with Crippen molar-refractivity contribution < 1.29 is 9.90 Å². The second kappa shape index (κ2) is 6.25. The van der Waals surface area contributed by atoms with Crippen LogP contribution in [-0.4, -0.2) is 24.0 Å². The van der Waals surface area contributed by atoms with Gasteiger partial charge in [-0.15, -0.1) is 0 Å². The predicted molar refractivity (Wildman–Crippen MR) is 70.2 cm³/mol. The lowest BCUT2D eigenvalue weighted by molar-refractivity contribution is 0.101. The highest BCUT2D eigenvalue weighted by Crippen LogP contribution is 2.19. The van der Waals surface area contributed by atoms with Crippen LogP contribution in [0.3, 0.4) is 0 Å². The Labute approximate surface area is 102 Å². The summed E-state index contributed by atoms with van der Waals surface area (Å²) >= 11 is 0. The van der Waals surface area contributed by atoms with Gasteiger partial charge in [-0.1, -0.05) is 6.92 Å². The molecule has 0 aromatic heterocycles. The molecule has 0 saturated heterocycles. The SMILES string of the molecule is CC(=O)c1ccc(NCC(C)CCO)cc1N. The number of aliphatic hydroxyl groups excluding tert-OH is 1. The summed E-state index contributed by atoms with van der Waals surface area (Å²) in [4.78, 5) is 11.2. The van der Waals surface area contributed by atoms with Gasteiger partial charge in [-0.2, -0.15) is 0 Å². The van der Waals surface area contributed by atoms with E-state index >= 15 is 0 Å². The van der Waals surface area contributed by atoms with Gasteiger partial charge in [0.05, 0.1) is 0 Å². The highest BCUT2D eigenvalue weighted by atomic mass is 16.3. The van der Waals surface area contributed by atoms with Gasteiger partial charge in [-0.3, -0.25) is 4.79 Å². The summed E-state index contributed by atoms with van der Waals surface area (Å²) in [7, 11) is 0. The molecule has 0 aliphatic heterocycles. The number of Topliss-reactive ketones (excluding diaryl/α,β-unsaturated/α-hetero) is 1. The zero-order valence-electron chi connectivity index (χ0n) is 10.4. The van der Waals surface area contributed by atoms with Crippen LogP contribution in [0.15, 0.2) is 18.2 Å². The van der Waals surface area contributed by atoms with E-state index in [-0.39, 0.29) is 12.4 Å². The van der Waals surface area contributed by atoms with Crippen LogP contribution in [0, 0.1) is 5.92 Å². The van der Waals surface area contributed by atoms with E-state index in [2.05, 4.69) is 12.2 Å². The zero-order valence-corrected chi connectivity index (χ0v) is 10.4. The van der Waals surface area contributed by atoms with Gasteiger partial charge in [-0.25, -0.2) is 0 Å². The number of carbonyl (C=O) groups is 1. The van der Waals surface area contributed by atoms with Crippen molar-refractivity contribution in [1.29, 1.82) is 0 Å². The number of nitrogens with one attached hydrogen (secondary N) is 1. The maximum Gasteiger partial charge on any atom is 0.161 e. The lowest BCUT2D eigenvalue weighted by Gasteiger charge is -2.13. The number of aliphatic hydroxyl groups is 1. The molecule has 4 heteroatoms. The Morgan fingerprint density at radius 2 is 2.24 bits per heavy atom. The molecule has 0 radical (unpaired) electrons. The largest absolute Gasteiger partial charge is 0.398 e. The fourth-order valence-corrected chi connectivity index (χ4v) is 1.61. The lowest BCUT2D eigenvalue weighted by atomic mass is 10.1. The van der Waals surface area contributed by atoms with Gasteiger partial charge in [0.15, 0.2) is 5.78 Å². The highest BCUT2D eigenvalue weighted by molar-refractivity contribution is 5.99. The molecule has 17 heavy (non-hydrogen) atoms. The molecule has 4 N–H and O–H groups in total. The summed E-state index contributed by atoms with van der Waals surface area (Å²) in [5, 5.41) is 12.0. The maximum absolute atomic E-state index is 11.2. The highest BCUT2D eigenvalue weighted by Gasteiger charge is 2.06. The Morgan fingerprint density at radius 3 is 2.76 bits per heavy atom. The number of hydrogen-bond acceptors (Lipinski definition) is 4. The van der Waals surface area contributed by atoms with Gasteiger partial charge in [-0.05, 0) is 37.5 Å². The van der Waals surface area contributed by atoms with Crippen molar-refractivity contribution >= 4 is 17.2 Å². The van der Waals surface area contributed by atoms with Crippen LogP contribution < -0.4 is 11.1 Å². The topological polar surface area (TPSA) is 75.3 Å². The van der Waals surface area contributed by atoms with Crippen molar-refractivity contribution in [3.05, 3.63) is 23.8 Å². The molecular formula is C13H20N2O2. The third-order valence-corrected chi connectivity index (χ3v) is 2.71. The van der Waals surface area contributed by atoms with Crippen LogP contribution in [-0.2, 0) is 0 Å². The molecule has 0 amide bonds. The molecule has 1 unspecified atom stereocenters. The van der Waals surface area contributed by atoms with E-state index < -0.39 is 0 Å². The summed E-state index contributed by atoms with van der Waals surface area (Å²) in [5.74, 6) is 0.372. The van der Waals surface area contributed by atoms with Crippen molar-refractivity contribution in [3.8, 4) is 0 Å². The first kappa shape index (κ1) is 13.5. The van der Waals surface area contributed by atoms with E-state index in [9.17, 15) is 4.79 Å². The number of benzene rings is 1. The molecule has 94 valence electrons. The fraction of sp³-hybridized carbons (Fsp3) is 0.462. The average Bonchev–Trinajstić information content (AvgIpc) is 2.26. The van der Waals surface area contributed by atoms with Crippen molar-refractivity contribution in [2.24, 2.45) is 5.92 Å². The summed E-state index contributed by atoms with van der Waals surface area (Å²) < 4.78 is 0. The minimum Gasteiger partial charge on any atom is -0.398 e. The third-order valence-electron chi connectivity index (χ3n) is 2.71. The number of rotatable bonds is 6. The van der Waals surface area contributed by atoms with Crippen LogP contribution in [0.5, 0.6) is 0 Å². The Hall–Kier alpha value is -1.55. The van der Waals surface area contributed by atoms with Crippen molar-refractivity contribution in [1.82, 2.24) is 0 Å². The minimum absolute atomic E-state index is 0.0253. The standard InChI is InChI=1S/C13H20N2O2/c1-9(5-6-16)8-15-11-3-4-12(10(2)17)13(14)7-11/h3-4,7,9,15-16H,5-6,8,14H2,1-2H3. The molecule has 0 aliphatic carbocycles. The molecule has 0 saturated carbocycles. The Bertz CT molecular complexity index is 391. The van der Waals surface area contributed by atoms with Gasteiger partial charge < -0.3 is 16.2 Å². The molecular weight excluding hydrogens is 216 g/mol. The number of ketones is 1. The number of hydrogen-bond donors (Lipinski definition) is 3. The Balaban J connectivity index is 2.62. The summed E-state index contributed by atoms with van der Waals surface area (Å²) in [5.41, 5.74) is 7.74. The normalized spacial score (nSPS) is 12.2. The molecule has 0 spiro atoms. The van der Waals surface area contributed by atoms with E-state index in [1.165, 1.54) is 6.92 Å². The van der Waals surface area contributed by atoms with Crippen molar-refractivity contribution in [2.75, 3.05) is 24.2 Å².